The molecule has 0 aliphatic carbocycles. The van der Waals surface area contributed by atoms with Crippen LogP contribution in [0.1, 0.15) is 21.6 Å². The molecule has 1 heterocycles. The Balaban J connectivity index is 2.46. The van der Waals surface area contributed by atoms with Gasteiger partial charge in [0, 0.05) is 12.7 Å². The summed E-state index contributed by atoms with van der Waals surface area (Å²) in [7, 11) is 1.49. The first-order chi connectivity index (χ1) is 10.2. The largest absolute Gasteiger partial charge is 0.319 e. The van der Waals surface area contributed by atoms with Crippen LogP contribution in [0.25, 0.3) is 0 Å². The number of aryl methyl sites for hydroxylation is 2. The number of hydrogen-bond donors (Lipinski definition) is 1. The van der Waals surface area contributed by atoms with Crippen LogP contribution in [0.4, 0.5) is 18.9 Å². The van der Waals surface area contributed by atoms with Gasteiger partial charge >= 0.3 is 0 Å². The highest BCUT2D eigenvalue weighted by molar-refractivity contribution is 6.05. The van der Waals surface area contributed by atoms with E-state index in [4.69, 9.17) is 0 Å². The van der Waals surface area contributed by atoms with Gasteiger partial charge in [-0.15, -0.1) is 0 Å². The topological polar surface area (TPSA) is 51.1 Å². The summed E-state index contributed by atoms with van der Waals surface area (Å²) in [6.07, 6.45) is 0. The van der Waals surface area contributed by atoms with Crippen molar-refractivity contribution in [2.45, 2.75) is 13.8 Å². The molecule has 22 heavy (non-hydrogen) atoms. The van der Waals surface area contributed by atoms with Crippen molar-refractivity contribution in [3.63, 3.8) is 0 Å². The van der Waals surface area contributed by atoms with Gasteiger partial charge in [0.05, 0.1) is 5.69 Å². The molecule has 1 aromatic heterocycles. The van der Waals surface area contributed by atoms with Gasteiger partial charge in [0.25, 0.3) is 11.5 Å². The third kappa shape index (κ3) is 2.61. The van der Waals surface area contributed by atoms with E-state index in [0.717, 1.165) is 6.07 Å². The molecule has 0 radical (unpaired) electrons. The maximum absolute atomic E-state index is 13.6. The molecule has 4 nitrogen and oxygen atoms in total. The zero-order chi connectivity index (χ0) is 16.6. The molecule has 0 fully saturated rings. The van der Waals surface area contributed by atoms with Crippen LogP contribution in [-0.4, -0.2) is 10.5 Å². The van der Waals surface area contributed by atoms with Crippen molar-refractivity contribution < 1.29 is 18.0 Å². The molecule has 2 aromatic rings. The number of nitrogens with zero attached hydrogens (tertiary/aromatic N) is 1. The van der Waals surface area contributed by atoms with Crippen molar-refractivity contribution in [1.82, 2.24) is 4.57 Å². The molecule has 1 N–H and O–H groups in total. The van der Waals surface area contributed by atoms with E-state index in [2.05, 4.69) is 5.32 Å². The van der Waals surface area contributed by atoms with Crippen molar-refractivity contribution >= 4 is 11.6 Å². The SMILES string of the molecule is Cc1cc(C)n(C)c(=O)c1C(=O)Nc1ccc(F)c(F)c1F. The molecule has 7 heteroatoms. The smallest absolute Gasteiger partial charge is 0.263 e. The molecule has 0 bridgehead atoms. The Kier molecular flexibility index (Phi) is 4.07. The second kappa shape index (κ2) is 5.67. The van der Waals surface area contributed by atoms with Crippen LogP contribution in [-0.2, 0) is 7.05 Å². The average Bonchev–Trinajstić information content (AvgIpc) is 2.45. The maximum atomic E-state index is 13.6. The van der Waals surface area contributed by atoms with E-state index in [1.54, 1.807) is 19.9 Å². The number of carbonyl (C=O) groups excluding carboxylic acids is 1. The van der Waals surface area contributed by atoms with E-state index < -0.39 is 34.6 Å². The van der Waals surface area contributed by atoms with Gasteiger partial charge in [-0.3, -0.25) is 9.59 Å². The number of halogens is 3. The molecule has 0 aliphatic rings. The Hall–Kier alpha value is -2.57. The molecule has 0 unspecified atom stereocenters. The van der Waals surface area contributed by atoms with Gasteiger partial charge in [-0.2, -0.15) is 0 Å². The molecule has 0 saturated heterocycles. The number of carbonyl (C=O) groups is 1. The summed E-state index contributed by atoms with van der Waals surface area (Å²) in [5.74, 6) is -5.46. The van der Waals surface area contributed by atoms with Crippen LogP contribution in [0.3, 0.4) is 0 Å². The predicted octanol–water partition coefficient (Wildman–Crippen LogP) is 2.67. The van der Waals surface area contributed by atoms with Gasteiger partial charge in [0.15, 0.2) is 17.5 Å². The molecule has 0 atom stereocenters. The third-order valence-corrected chi connectivity index (χ3v) is 3.38. The van der Waals surface area contributed by atoms with E-state index >= 15 is 0 Å². The number of anilines is 1. The zero-order valence-electron chi connectivity index (χ0n) is 12.1. The van der Waals surface area contributed by atoms with Crippen LogP contribution >= 0.6 is 0 Å². The van der Waals surface area contributed by atoms with Gasteiger partial charge in [0.2, 0.25) is 0 Å². The number of hydrogen-bond acceptors (Lipinski definition) is 2. The van der Waals surface area contributed by atoms with Gasteiger partial charge < -0.3 is 9.88 Å². The quantitative estimate of drug-likeness (QED) is 0.867. The monoisotopic (exact) mass is 310 g/mol. The van der Waals surface area contributed by atoms with E-state index in [0.29, 0.717) is 17.3 Å². The normalized spacial score (nSPS) is 10.6. The standard InChI is InChI=1S/C15H13F3N2O2/c1-7-6-8(2)20(3)15(22)11(7)14(21)19-10-5-4-9(16)12(17)13(10)18/h4-6H,1-3H3,(H,19,21). The Labute approximate surface area is 124 Å². The first-order valence-corrected chi connectivity index (χ1v) is 6.36. The first-order valence-electron chi connectivity index (χ1n) is 6.36. The fraction of sp³-hybridized carbons (Fsp3) is 0.200. The van der Waals surface area contributed by atoms with Crippen LogP contribution in [0.2, 0.25) is 0 Å². The van der Waals surface area contributed by atoms with Gasteiger partial charge in [0.1, 0.15) is 5.56 Å². The van der Waals surface area contributed by atoms with Crippen LogP contribution < -0.4 is 10.9 Å². The van der Waals surface area contributed by atoms with E-state index in [1.165, 1.54) is 11.6 Å². The van der Waals surface area contributed by atoms with Crippen molar-refractivity contribution in [3.8, 4) is 0 Å². The summed E-state index contributed by atoms with van der Waals surface area (Å²) in [6.45, 7) is 3.26. The highest BCUT2D eigenvalue weighted by Crippen LogP contribution is 2.20. The summed E-state index contributed by atoms with van der Waals surface area (Å²) >= 11 is 0. The fourth-order valence-electron chi connectivity index (χ4n) is 2.06. The molecule has 1 amide bonds. The number of aromatic nitrogens is 1. The molecular formula is C15H13F3N2O2. The molecule has 2 rings (SSSR count). The first kappa shape index (κ1) is 15.8. The minimum atomic E-state index is -1.69. The number of pyridine rings is 1. The average molecular weight is 310 g/mol. The van der Waals surface area contributed by atoms with Crippen molar-refractivity contribution in [3.05, 3.63) is 62.8 Å². The molecule has 116 valence electrons. The van der Waals surface area contributed by atoms with Crippen molar-refractivity contribution in [1.29, 1.82) is 0 Å². The Morgan fingerprint density at radius 3 is 2.41 bits per heavy atom. The van der Waals surface area contributed by atoms with Crippen LogP contribution in [0.5, 0.6) is 0 Å². The molecular weight excluding hydrogens is 297 g/mol. The summed E-state index contributed by atoms with van der Waals surface area (Å²) in [6, 6.07) is 3.20. The van der Waals surface area contributed by atoms with E-state index in [9.17, 15) is 22.8 Å². The molecule has 0 aliphatic heterocycles. The Bertz CT molecular complexity index is 829. The number of benzene rings is 1. The maximum Gasteiger partial charge on any atom is 0.263 e. The summed E-state index contributed by atoms with van der Waals surface area (Å²) in [5.41, 5.74) is -0.222. The lowest BCUT2D eigenvalue weighted by atomic mass is 10.1. The Morgan fingerprint density at radius 1 is 1.14 bits per heavy atom. The summed E-state index contributed by atoms with van der Waals surface area (Å²) in [4.78, 5) is 24.3. The highest BCUT2D eigenvalue weighted by atomic mass is 19.2. The Morgan fingerprint density at radius 2 is 1.77 bits per heavy atom. The number of nitrogens with one attached hydrogen (secondary N) is 1. The van der Waals surface area contributed by atoms with E-state index in [1.807, 2.05) is 0 Å². The van der Waals surface area contributed by atoms with Gasteiger partial charge in [-0.1, -0.05) is 0 Å². The van der Waals surface area contributed by atoms with Crippen molar-refractivity contribution in [2.75, 3.05) is 5.32 Å². The van der Waals surface area contributed by atoms with Gasteiger partial charge in [-0.25, -0.2) is 13.2 Å². The second-order valence-electron chi connectivity index (χ2n) is 4.88. The predicted molar refractivity (Wildman–Crippen MR) is 75.4 cm³/mol. The molecule has 0 saturated carbocycles. The van der Waals surface area contributed by atoms with Crippen LogP contribution in [0.15, 0.2) is 23.0 Å². The fourth-order valence-corrected chi connectivity index (χ4v) is 2.06. The lowest BCUT2D eigenvalue weighted by molar-refractivity contribution is 0.102. The zero-order valence-corrected chi connectivity index (χ0v) is 12.1. The highest BCUT2D eigenvalue weighted by Gasteiger charge is 2.20. The molecule has 0 spiro atoms. The van der Waals surface area contributed by atoms with Crippen molar-refractivity contribution in [2.24, 2.45) is 7.05 Å². The second-order valence-corrected chi connectivity index (χ2v) is 4.88. The minimum Gasteiger partial charge on any atom is -0.319 e. The third-order valence-electron chi connectivity index (χ3n) is 3.38. The lowest BCUT2D eigenvalue weighted by Gasteiger charge is -2.11. The summed E-state index contributed by atoms with van der Waals surface area (Å²) < 4.78 is 40.9. The van der Waals surface area contributed by atoms with Crippen LogP contribution in [0, 0.1) is 31.3 Å². The number of rotatable bonds is 2. The lowest BCUT2D eigenvalue weighted by Crippen LogP contribution is -2.30. The summed E-state index contributed by atoms with van der Waals surface area (Å²) in [5, 5.41) is 2.09. The number of amides is 1. The molecule has 1 aromatic carbocycles. The van der Waals surface area contributed by atoms with E-state index in [-0.39, 0.29) is 5.56 Å². The van der Waals surface area contributed by atoms with Gasteiger partial charge in [-0.05, 0) is 37.6 Å². The minimum absolute atomic E-state index is 0.183.